The molecule has 3 heterocycles. The lowest BCUT2D eigenvalue weighted by molar-refractivity contribution is -0.126. The third-order valence-electron chi connectivity index (χ3n) is 6.85. The van der Waals surface area contributed by atoms with Crippen LogP contribution in [0.25, 0.3) is 10.2 Å². The van der Waals surface area contributed by atoms with E-state index in [1.165, 1.54) is 6.07 Å². The number of hydrogen-bond donors (Lipinski definition) is 4. The number of aromatic nitrogens is 3. The Balaban J connectivity index is 0.00000370. The number of likely N-dealkylation sites (N-methyl/N-ethyl adjacent to an activating group) is 1. The number of benzene rings is 1. The van der Waals surface area contributed by atoms with Gasteiger partial charge in [-0.25, -0.2) is 4.98 Å². The van der Waals surface area contributed by atoms with Gasteiger partial charge in [0.25, 0.3) is 0 Å². The monoisotopic (exact) mass is 593 g/mol. The number of alkyl halides is 3. The number of anilines is 4. The Morgan fingerprint density at radius 1 is 1.10 bits per heavy atom. The van der Waals surface area contributed by atoms with Crippen molar-refractivity contribution in [3.8, 4) is 0 Å². The normalized spacial score (nSPS) is 18.9. The van der Waals surface area contributed by atoms with Gasteiger partial charge in [-0.05, 0) is 48.7 Å². The second kappa shape index (κ2) is 12.5. The molecule has 0 amide bonds. The van der Waals surface area contributed by atoms with Crippen LogP contribution >= 0.6 is 23.7 Å². The van der Waals surface area contributed by atoms with E-state index in [4.69, 9.17) is 0 Å². The fourth-order valence-corrected chi connectivity index (χ4v) is 5.98. The molecule has 40 heavy (non-hydrogen) atoms. The number of halogens is 4. The maximum Gasteiger partial charge on any atom is 0.393 e. The van der Waals surface area contributed by atoms with E-state index >= 15 is 0 Å². The van der Waals surface area contributed by atoms with E-state index in [0.29, 0.717) is 41.4 Å². The molecule has 1 aliphatic rings. The molecule has 0 spiro atoms. The minimum absolute atomic E-state index is 0. The van der Waals surface area contributed by atoms with Crippen molar-refractivity contribution in [2.24, 2.45) is 0 Å². The van der Waals surface area contributed by atoms with Crippen LogP contribution in [0.4, 0.5) is 36.3 Å². The van der Waals surface area contributed by atoms with Crippen LogP contribution in [0.3, 0.4) is 0 Å². The molecule has 4 N–H and O–H groups in total. The summed E-state index contributed by atoms with van der Waals surface area (Å²) in [5.41, 5.74) is 3.00. The number of rotatable bonds is 9. The van der Waals surface area contributed by atoms with Crippen molar-refractivity contribution in [1.29, 1.82) is 0 Å². The van der Waals surface area contributed by atoms with Crippen LogP contribution < -0.4 is 20.9 Å². The van der Waals surface area contributed by atoms with Gasteiger partial charge in [0.2, 0.25) is 5.95 Å². The minimum atomic E-state index is -4.30. The van der Waals surface area contributed by atoms with Crippen LogP contribution in [0, 0.1) is 0 Å². The molecule has 1 fully saturated rings. The first-order valence-corrected chi connectivity index (χ1v) is 13.5. The first-order valence-electron chi connectivity index (χ1n) is 12.6. The average molecular weight is 594 g/mol. The maximum absolute atomic E-state index is 13.0. The highest BCUT2D eigenvalue weighted by atomic mass is 35.5. The first-order chi connectivity index (χ1) is 18.7. The standard InChI is InChI=1S/C27H30F3N7OS.ClH/c1-31-26-35-24(21-12-20(13-27(28,29)30)39-25(21)36-26)37(2)22-10-19(11-23(22)38)33-14-16-5-7-17(8-6-16)34-18-4-3-9-32-15-18;/h3-9,12,15,19,22-23,33-34,38H,10-11,13-14H2,1-2H3,(H,31,35,36);1H/t19-,22+,23+;/m1./s1. The Morgan fingerprint density at radius 3 is 2.55 bits per heavy atom. The number of pyridine rings is 1. The summed E-state index contributed by atoms with van der Waals surface area (Å²) in [6, 6.07) is 13.3. The van der Waals surface area contributed by atoms with Gasteiger partial charge in [0.15, 0.2) is 0 Å². The number of nitrogens with zero attached hydrogens (tertiary/aromatic N) is 4. The van der Waals surface area contributed by atoms with Gasteiger partial charge in [-0.1, -0.05) is 12.1 Å². The Hall–Kier alpha value is -3.19. The molecule has 1 saturated carbocycles. The van der Waals surface area contributed by atoms with Crippen molar-refractivity contribution in [3.05, 3.63) is 65.3 Å². The predicted octanol–water partition coefficient (Wildman–Crippen LogP) is 5.52. The summed E-state index contributed by atoms with van der Waals surface area (Å²) in [5.74, 6) is 0.837. The number of aliphatic hydroxyl groups is 1. The van der Waals surface area contributed by atoms with Gasteiger partial charge in [-0.15, -0.1) is 23.7 Å². The van der Waals surface area contributed by atoms with Crippen molar-refractivity contribution >= 4 is 57.1 Å². The van der Waals surface area contributed by atoms with Crippen molar-refractivity contribution in [1.82, 2.24) is 20.3 Å². The summed E-state index contributed by atoms with van der Waals surface area (Å²) >= 11 is 1.02. The largest absolute Gasteiger partial charge is 0.393 e. The van der Waals surface area contributed by atoms with E-state index in [0.717, 1.165) is 28.3 Å². The Labute approximate surface area is 240 Å². The van der Waals surface area contributed by atoms with Crippen LogP contribution in [0.5, 0.6) is 0 Å². The molecule has 8 nitrogen and oxygen atoms in total. The second-order valence-corrected chi connectivity index (χ2v) is 10.8. The zero-order valence-corrected chi connectivity index (χ0v) is 23.6. The van der Waals surface area contributed by atoms with Crippen molar-refractivity contribution in [3.63, 3.8) is 0 Å². The minimum Gasteiger partial charge on any atom is -0.391 e. The summed E-state index contributed by atoms with van der Waals surface area (Å²) in [6.45, 7) is 0.647. The molecule has 1 aliphatic carbocycles. The van der Waals surface area contributed by atoms with E-state index in [2.05, 4.69) is 30.9 Å². The van der Waals surface area contributed by atoms with E-state index in [-0.39, 0.29) is 29.4 Å². The molecule has 214 valence electrons. The highest BCUT2D eigenvalue weighted by molar-refractivity contribution is 7.18. The van der Waals surface area contributed by atoms with Gasteiger partial charge in [0.1, 0.15) is 10.6 Å². The molecule has 0 aliphatic heterocycles. The molecule has 5 rings (SSSR count). The van der Waals surface area contributed by atoms with Crippen molar-refractivity contribution in [2.45, 2.75) is 50.2 Å². The van der Waals surface area contributed by atoms with Gasteiger partial charge in [0.05, 0.1) is 35.8 Å². The average Bonchev–Trinajstić information content (AvgIpc) is 3.48. The molecule has 0 radical (unpaired) electrons. The molecule has 1 aromatic carbocycles. The molecule has 4 aromatic rings. The van der Waals surface area contributed by atoms with Crippen LogP contribution in [-0.2, 0) is 13.0 Å². The molecule has 3 aromatic heterocycles. The van der Waals surface area contributed by atoms with Gasteiger partial charge in [-0.2, -0.15) is 18.2 Å². The SMILES string of the molecule is CNc1nc(N(C)[C@H]2C[C@@H](NCc3ccc(Nc4cccnc4)cc3)C[C@@H]2O)c2cc(CC(F)(F)F)sc2n1.Cl. The topological polar surface area (TPSA) is 98.2 Å². The highest BCUT2D eigenvalue weighted by Gasteiger charge is 2.37. The quantitative estimate of drug-likeness (QED) is 0.202. The summed E-state index contributed by atoms with van der Waals surface area (Å²) in [4.78, 5) is 15.6. The van der Waals surface area contributed by atoms with Crippen LogP contribution in [0.1, 0.15) is 23.3 Å². The molecule has 3 atom stereocenters. The number of fused-ring (bicyclic) bond motifs is 1. The highest BCUT2D eigenvalue weighted by Crippen LogP contribution is 2.37. The smallest absolute Gasteiger partial charge is 0.391 e. The third-order valence-corrected chi connectivity index (χ3v) is 7.88. The fourth-order valence-electron chi connectivity index (χ4n) is 4.93. The van der Waals surface area contributed by atoms with E-state index < -0.39 is 18.7 Å². The number of thiophene rings is 1. The molecule has 13 heteroatoms. The van der Waals surface area contributed by atoms with E-state index in [1.54, 1.807) is 19.4 Å². The van der Waals surface area contributed by atoms with E-state index in [9.17, 15) is 18.3 Å². The Bertz CT molecular complexity index is 1410. The molecule has 0 saturated heterocycles. The van der Waals surface area contributed by atoms with Gasteiger partial charge < -0.3 is 26.0 Å². The van der Waals surface area contributed by atoms with E-state index in [1.807, 2.05) is 48.3 Å². The zero-order chi connectivity index (χ0) is 27.6. The van der Waals surface area contributed by atoms with Gasteiger partial charge in [0, 0.05) is 43.4 Å². The summed E-state index contributed by atoms with van der Waals surface area (Å²) in [5, 5.41) is 21.2. The molecule has 0 unspecified atom stereocenters. The zero-order valence-electron chi connectivity index (χ0n) is 21.9. The van der Waals surface area contributed by atoms with Gasteiger partial charge >= 0.3 is 6.18 Å². The van der Waals surface area contributed by atoms with Gasteiger partial charge in [-0.3, -0.25) is 4.98 Å². The lowest BCUT2D eigenvalue weighted by atomic mass is 10.1. The number of nitrogens with one attached hydrogen (secondary N) is 3. The maximum atomic E-state index is 13.0. The number of aliphatic hydroxyl groups excluding tert-OH is 1. The lowest BCUT2D eigenvalue weighted by Gasteiger charge is -2.29. The second-order valence-electron chi connectivity index (χ2n) is 9.70. The van der Waals surface area contributed by atoms with Crippen LogP contribution in [0.2, 0.25) is 0 Å². The summed E-state index contributed by atoms with van der Waals surface area (Å²) < 4.78 is 39.1. The number of hydrogen-bond acceptors (Lipinski definition) is 9. The lowest BCUT2D eigenvalue weighted by Crippen LogP contribution is -2.38. The van der Waals surface area contributed by atoms with Crippen molar-refractivity contribution < 1.29 is 18.3 Å². The Kier molecular flexibility index (Phi) is 9.34. The summed E-state index contributed by atoms with van der Waals surface area (Å²) in [6.07, 6.45) is -1.21. The van der Waals surface area contributed by atoms with Crippen molar-refractivity contribution in [2.75, 3.05) is 29.6 Å². The van der Waals surface area contributed by atoms with Crippen LogP contribution in [-0.4, -0.2) is 58.5 Å². The summed E-state index contributed by atoms with van der Waals surface area (Å²) in [7, 11) is 3.49. The molecular formula is C27H31ClF3N7OS. The third kappa shape index (κ3) is 7.11. The fraction of sp³-hybridized carbons (Fsp3) is 0.370. The first kappa shape index (κ1) is 29.8. The predicted molar refractivity (Wildman–Crippen MR) is 156 cm³/mol. The molecule has 0 bridgehead atoms. The molecular weight excluding hydrogens is 563 g/mol. The van der Waals surface area contributed by atoms with Crippen LogP contribution in [0.15, 0.2) is 54.9 Å². The Morgan fingerprint density at radius 2 is 1.88 bits per heavy atom.